The zero-order valence-electron chi connectivity index (χ0n) is 12.8. The average molecular weight is 367 g/mol. The molecule has 2 nitrogen and oxygen atoms in total. The van der Waals surface area contributed by atoms with Crippen LogP contribution in [-0.2, 0) is 0 Å². The number of rotatable bonds is 4. The van der Waals surface area contributed by atoms with Gasteiger partial charge in [0.05, 0.1) is 0 Å². The first-order chi connectivity index (χ1) is 10.1. The molecule has 0 saturated heterocycles. The highest BCUT2D eigenvalue weighted by Gasteiger charge is 2.07. The van der Waals surface area contributed by atoms with Gasteiger partial charge < -0.3 is 10.6 Å². The van der Waals surface area contributed by atoms with E-state index in [1.165, 1.54) is 36.8 Å². The number of aryl methyl sites for hydroxylation is 2. The van der Waals surface area contributed by atoms with Crippen LogP contribution in [0.5, 0.6) is 0 Å². The third kappa shape index (κ3) is 5.11. The fraction of sp³-hybridized carbons (Fsp3) is 0.471. The number of nitrogens with one attached hydrogen (secondary N) is 2. The van der Waals surface area contributed by atoms with Crippen molar-refractivity contribution in [1.29, 1.82) is 0 Å². The summed E-state index contributed by atoms with van der Waals surface area (Å²) < 4.78 is 1.10. The lowest BCUT2D eigenvalue weighted by Crippen LogP contribution is -2.30. The Morgan fingerprint density at radius 1 is 1.24 bits per heavy atom. The molecule has 1 aliphatic rings. The molecule has 0 heterocycles. The number of allylic oxidation sites excluding steroid dienone is 1. The molecule has 0 atom stereocenters. The molecule has 114 valence electrons. The molecule has 0 fully saturated rings. The second kappa shape index (κ2) is 7.95. The Labute approximate surface area is 141 Å². The van der Waals surface area contributed by atoms with Gasteiger partial charge in [-0.15, -0.1) is 0 Å². The Bertz CT molecular complexity index is 529. The van der Waals surface area contributed by atoms with E-state index in [-0.39, 0.29) is 0 Å². The van der Waals surface area contributed by atoms with Crippen molar-refractivity contribution in [3.63, 3.8) is 0 Å². The number of benzene rings is 1. The highest BCUT2D eigenvalue weighted by atomic mass is 79.9. The van der Waals surface area contributed by atoms with Crippen LogP contribution < -0.4 is 10.6 Å². The highest BCUT2D eigenvalue weighted by Crippen LogP contribution is 2.25. The summed E-state index contributed by atoms with van der Waals surface area (Å²) in [5.41, 5.74) is 5.07. The number of halogens is 1. The van der Waals surface area contributed by atoms with Gasteiger partial charge in [0.15, 0.2) is 5.11 Å². The smallest absolute Gasteiger partial charge is 0.170 e. The molecule has 4 heteroatoms. The van der Waals surface area contributed by atoms with Crippen molar-refractivity contribution < 1.29 is 0 Å². The third-order valence-corrected chi connectivity index (χ3v) is 4.56. The zero-order valence-corrected chi connectivity index (χ0v) is 15.2. The van der Waals surface area contributed by atoms with E-state index in [1.54, 1.807) is 5.57 Å². The maximum Gasteiger partial charge on any atom is 0.170 e. The fourth-order valence-electron chi connectivity index (χ4n) is 2.73. The molecular formula is C17H23BrN2S. The Morgan fingerprint density at radius 2 is 1.95 bits per heavy atom. The highest BCUT2D eigenvalue weighted by molar-refractivity contribution is 9.10. The summed E-state index contributed by atoms with van der Waals surface area (Å²) in [6, 6.07) is 4.20. The standard InChI is InChI=1S/C17H23BrN2S/c1-12-10-15(18)11-13(2)16(12)20-17(21)19-9-8-14-6-4-3-5-7-14/h6,10-11H,3-5,7-9H2,1-2H3,(H2,19,20,21). The van der Waals surface area contributed by atoms with Crippen molar-refractivity contribution >= 4 is 38.9 Å². The molecule has 21 heavy (non-hydrogen) atoms. The van der Waals surface area contributed by atoms with Crippen LogP contribution >= 0.6 is 28.1 Å². The first-order valence-corrected chi connectivity index (χ1v) is 8.76. The molecule has 0 amide bonds. The molecule has 0 saturated carbocycles. The van der Waals surface area contributed by atoms with Crippen molar-refractivity contribution in [2.45, 2.75) is 46.0 Å². The summed E-state index contributed by atoms with van der Waals surface area (Å²) in [6.45, 7) is 5.09. The number of anilines is 1. The monoisotopic (exact) mass is 366 g/mol. The molecular weight excluding hydrogens is 344 g/mol. The minimum absolute atomic E-state index is 0.708. The molecule has 1 aromatic rings. The van der Waals surface area contributed by atoms with E-state index in [0.717, 1.165) is 23.1 Å². The van der Waals surface area contributed by atoms with Gasteiger partial charge in [0.1, 0.15) is 0 Å². The van der Waals surface area contributed by atoms with Gasteiger partial charge in [0.25, 0.3) is 0 Å². The largest absolute Gasteiger partial charge is 0.362 e. The maximum atomic E-state index is 5.40. The van der Waals surface area contributed by atoms with Gasteiger partial charge in [0, 0.05) is 16.7 Å². The first kappa shape index (κ1) is 16.5. The number of hydrogen-bond acceptors (Lipinski definition) is 1. The molecule has 0 aliphatic heterocycles. The Kier molecular flexibility index (Phi) is 6.24. The predicted octanol–water partition coefficient (Wildman–Crippen LogP) is 5.24. The molecule has 1 aliphatic carbocycles. The van der Waals surface area contributed by atoms with Crippen LogP contribution in [0, 0.1) is 13.8 Å². The van der Waals surface area contributed by atoms with Crippen molar-refractivity contribution in [3.8, 4) is 0 Å². The van der Waals surface area contributed by atoms with Gasteiger partial charge in [-0.2, -0.15) is 0 Å². The lowest BCUT2D eigenvalue weighted by Gasteiger charge is -2.17. The van der Waals surface area contributed by atoms with Crippen LogP contribution in [0.2, 0.25) is 0 Å². The van der Waals surface area contributed by atoms with E-state index in [2.05, 4.69) is 58.6 Å². The summed E-state index contributed by atoms with van der Waals surface area (Å²) in [7, 11) is 0. The van der Waals surface area contributed by atoms with Gasteiger partial charge in [0.2, 0.25) is 0 Å². The van der Waals surface area contributed by atoms with Crippen LogP contribution in [0.1, 0.15) is 43.2 Å². The molecule has 0 aromatic heterocycles. The van der Waals surface area contributed by atoms with E-state index >= 15 is 0 Å². The van der Waals surface area contributed by atoms with Crippen LogP contribution in [0.25, 0.3) is 0 Å². The van der Waals surface area contributed by atoms with Crippen LogP contribution in [-0.4, -0.2) is 11.7 Å². The van der Waals surface area contributed by atoms with E-state index in [9.17, 15) is 0 Å². The topological polar surface area (TPSA) is 24.1 Å². The molecule has 2 rings (SSSR count). The van der Waals surface area contributed by atoms with Gasteiger partial charge >= 0.3 is 0 Å². The van der Waals surface area contributed by atoms with Crippen molar-refractivity contribution in [3.05, 3.63) is 39.4 Å². The predicted molar refractivity (Wildman–Crippen MR) is 99.0 cm³/mol. The molecule has 0 spiro atoms. The van der Waals surface area contributed by atoms with Gasteiger partial charge in [-0.05, 0) is 81.4 Å². The maximum absolute atomic E-state index is 5.40. The first-order valence-electron chi connectivity index (χ1n) is 7.56. The number of thiocarbonyl (C=S) groups is 1. The second-order valence-electron chi connectivity index (χ2n) is 5.65. The minimum atomic E-state index is 0.708. The van der Waals surface area contributed by atoms with Gasteiger partial charge in [-0.1, -0.05) is 27.6 Å². The van der Waals surface area contributed by atoms with Gasteiger partial charge in [-0.3, -0.25) is 0 Å². The molecule has 1 aromatic carbocycles. The van der Waals surface area contributed by atoms with Crippen LogP contribution in [0.15, 0.2) is 28.3 Å². The molecule has 0 bridgehead atoms. The zero-order chi connectivity index (χ0) is 15.2. The summed E-state index contributed by atoms with van der Waals surface area (Å²) in [4.78, 5) is 0. The SMILES string of the molecule is Cc1cc(Br)cc(C)c1NC(=S)NCCC1=CCCCC1. The summed E-state index contributed by atoms with van der Waals surface area (Å²) in [6.07, 6.45) is 8.68. The Morgan fingerprint density at radius 3 is 2.57 bits per heavy atom. The Balaban J connectivity index is 1.83. The lowest BCUT2D eigenvalue weighted by atomic mass is 9.97. The van der Waals surface area contributed by atoms with Crippen LogP contribution in [0.3, 0.4) is 0 Å². The lowest BCUT2D eigenvalue weighted by molar-refractivity contribution is 0.669. The second-order valence-corrected chi connectivity index (χ2v) is 6.98. The van der Waals surface area contributed by atoms with Crippen molar-refractivity contribution in [2.75, 3.05) is 11.9 Å². The van der Waals surface area contributed by atoms with Crippen molar-refractivity contribution in [1.82, 2.24) is 5.32 Å². The number of hydrogen-bond donors (Lipinski definition) is 2. The average Bonchev–Trinajstić information content (AvgIpc) is 2.44. The minimum Gasteiger partial charge on any atom is -0.362 e. The normalized spacial score (nSPS) is 14.5. The fourth-order valence-corrected chi connectivity index (χ4v) is 3.62. The summed E-state index contributed by atoms with van der Waals surface area (Å²) in [5.74, 6) is 0. The third-order valence-electron chi connectivity index (χ3n) is 3.85. The Hall–Kier alpha value is -0.870. The van der Waals surface area contributed by atoms with E-state index in [0.29, 0.717) is 5.11 Å². The molecule has 0 unspecified atom stereocenters. The summed E-state index contributed by atoms with van der Waals surface area (Å²) in [5, 5.41) is 7.35. The van der Waals surface area contributed by atoms with E-state index in [1.807, 2.05) is 0 Å². The van der Waals surface area contributed by atoms with Gasteiger partial charge in [-0.25, -0.2) is 0 Å². The van der Waals surface area contributed by atoms with E-state index < -0.39 is 0 Å². The quantitative estimate of drug-likeness (QED) is 0.562. The molecule has 2 N–H and O–H groups in total. The van der Waals surface area contributed by atoms with E-state index in [4.69, 9.17) is 12.2 Å². The van der Waals surface area contributed by atoms with Crippen molar-refractivity contribution in [2.24, 2.45) is 0 Å². The molecule has 0 radical (unpaired) electrons. The van der Waals surface area contributed by atoms with Crippen LogP contribution in [0.4, 0.5) is 5.69 Å². The summed E-state index contributed by atoms with van der Waals surface area (Å²) >= 11 is 8.92.